The van der Waals surface area contributed by atoms with Crippen molar-refractivity contribution in [3.8, 4) is 5.75 Å². The van der Waals surface area contributed by atoms with Gasteiger partial charge in [0.15, 0.2) is 0 Å². The number of allylic oxidation sites excluding steroid dienone is 2. The Morgan fingerprint density at radius 2 is 1.94 bits per heavy atom. The Bertz CT molecular complexity index is 404. The van der Waals surface area contributed by atoms with Crippen molar-refractivity contribution in [2.24, 2.45) is 5.92 Å². The highest BCUT2D eigenvalue weighted by atomic mass is 16.5. The molecular weight excluding hydrogens is 208 g/mol. The van der Waals surface area contributed by atoms with E-state index in [1.165, 1.54) is 11.1 Å². The van der Waals surface area contributed by atoms with E-state index in [2.05, 4.69) is 46.4 Å². The molecule has 0 aliphatic rings. The van der Waals surface area contributed by atoms with Crippen LogP contribution in [0.3, 0.4) is 0 Å². The molecule has 0 amide bonds. The molecule has 92 valence electrons. The van der Waals surface area contributed by atoms with Gasteiger partial charge in [-0.15, -0.1) is 0 Å². The molecule has 1 nitrogen and oxygen atoms in total. The molecule has 1 aromatic rings. The van der Waals surface area contributed by atoms with Crippen LogP contribution in [0.4, 0.5) is 0 Å². The SMILES string of the molecule is C=C/C=C\C(C)[C@@H](C)Oc1cccc(C)c1C. The number of hydrogen-bond donors (Lipinski definition) is 0. The lowest BCUT2D eigenvalue weighted by atomic mass is 10.0. The molecule has 0 spiro atoms. The zero-order valence-corrected chi connectivity index (χ0v) is 11.2. The minimum Gasteiger partial charge on any atom is -0.490 e. The van der Waals surface area contributed by atoms with Crippen molar-refractivity contribution in [1.29, 1.82) is 0 Å². The second kappa shape index (κ2) is 6.29. The average molecular weight is 230 g/mol. The smallest absolute Gasteiger partial charge is 0.122 e. The Morgan fingerprint density at radius 1 is 1.24 bits per heavy atom. The van der Waals surface area contributed by atoms with Crippen LogP contribution >= 0.6 is 0 Å². The summed E-state index contributed by atoms with van der Waals surface area (Å²) in [5, 5.41) is 0. The predicted octanol–water partition coefficient (Wildman–Crippen LogP) is 4.45. The van der Waals surface area contributed by atoms with E-state index in [9.17, 15) is 0 Å². The molecule has 17 heavy (non-hydrogen) atoms. The first-order valence-corrected chi connectivity index (χ1v) is 6.08. The third-order valence-corrected chi connectivity index (χ3v) is 3.16. The first kappa shape index (κ1) is 13.6. The van der Waals surface area contributed by atoms with Gasteiger partial charge in [-0.2, -0.15) is 0 Å². The van der Waals surface area contributed by atoms with Crippen LogP contribution in [0.2, 0.25) is 0 Å². The van der Waals surface area contributed by atoms with Crippen LogP contribution in [0.25, 0.3) is 0 Å². The molecule has 0 radical (unpaired) electrons. The highest BCUT2D eigenvalue weighted by molar-refractivity contribution is 5.38. The van der Waals surface area contributed by atoms with Crippen LogP contribution in [0, 0.1) is 19.8 Å². The van der Waals surface area contributed by atoms with E-state index in [4.69, 9.17) is 4.74 Å². The Balaban J connectivity index is 2.74. The lowest BCUT2D eigenvalue weighted by molar-refractivity contribution is 0.182. The molecule has 0 N–H and O–H groups in total. The van der Waals surface area contributed by atoms with Gasteiger partial charge in [-0.1, -0.05) is 43.9 Å². The topological polar surface area (TPSA) is 9.23 Å². The maximum Gasteiger partial charge on any atom is 0.122 e. The predicted molar refractivity (Wildman–Crippen MR) is 74.5 cm³/mol. The molecule has 0 bridgehead atoms. The van der Waals surface area contributed by atoms with E-state index in [0.29, 0.717) is 5.92 Å². The van der Waals surface area contributed by atoms with Crippen molar-refractivity contribution in [3.63, 3.8) is 0 Å². The van der Waals surface area contributed by atoms with Crippen LogP contribution in [0.5, 0.6) is 5.75 Å². The monoisotopic (exact) mass is 230 g/mol. The lowest BCUT2D eigenvalue weighted by Crippen LogP contribution is -2.20. The van der Waals surface area contributed by atoms with Gasteiger partial charge < -0.3 is 4.74 Å². The summed E-state index contributed by atoms with van der Waals surface area (Å²) in [5.41, 5.74) is 2.49. The minimum absolute atomic E-state index is 0.159. The van der Waals surface area contributed by atoms with Crippen LogP contribution in [-0.2, 0) is 0 Å². The number of rotatable bonds is 5. The van der Waals surface area contributed by atoms with E-state index >= 15 is 0 Å². The Kier molecular flexibility index (Phi) is 5.02. The molecule has 1 unspecified atom stereocenters. The number of hydrogen-bond acceptors (Lipinski definition) is 1. The summed E-state index contributed by atoms with van der Waals surface area (Å²) in [5.74, 6) is 1.35. The Morgan fingerprint density at radius 3 is 2.59 bits per heavy atom. The molecule has 2 atom stereocenters. The largest absolute Gasteiger partial charge is 0.490 e. The third kappa shape index (κ3) is 3.77. The van der Waals surface area contributed by atoms with Crippen molar-refractivity contribution in [1.82, 2.24) is 0 Å². The summed E-state index contributed by atoms with van der Waals surface area (Å²) >= 11 is 0. The quantitative estimate of drug-likeness (QED) is 0.679. The first-order valence-electron chi connectivity index (χ1n) is 6.08. The molecule has 1 aromatic carbocycles. The lowest BCUT2D eigenvalue weighted by Gasteiger charge is -2.20. The van der Waals surface area contributed by atoms with Gasteiger partial charge >= 0.3 is 0 Å². The molecule has 1 heteroatoms. The molecule has 0 saturated heterocycles. The van der Waals surface area contributed by atoms with Crippen LogP contribution < -0.4 is 4.74 Å². The fourth-order valence-electron chi connectivity index (χ4n) is 1.57. The zero-order chi connectivity index (χ0) is 12.8. The van der Waals surface area contributed by atoms with Crippen LogP contribution in [0.1, 0.15) is 25.0 Å². The van der Waals surface area contributed by atoms with Crippen molar-refractivity contribution < 1.29 is 4.74 Å². The van der Waals surface area contributed by atoms with Crippen molar-refractivity contribution >= 4 is 0 Å². The molecule has 0 fully saturated rings. The van der Waals surface area contributed by atoms with Gasteiger partial charge in [0.2, 0.25) is 0 Å². The standard InChI is InChI=1S/C16H22O/c1-6-7-9-13(3)15(5)17-16-11-8-10-12(2)14(16)4/h6-11,13,15H,1H2,2-5H3/b9-7-/t13?,15-/m1/s1. The van der Waals surface area contributed by atoms with Crippen LogP contribution in [-0.4, -0.2) is 6.10 Å². The first-order chi connectivity index (χ1) is 8.06. The molecule has 0 aliphatic carbocycles. The van der Waals surface area contributed by atoms with E-state index in [1.807, 2.05) is 18.2 Å². The van der Waals surface area contributed by atoms with Crippen molar-refractivity contribution in [2.45, 2.75) is 33.8 Å². The third-order valence-electron chi connectivity index (χ3n) is 3.16. The molecule has 0 heterocycles. The molecule has 0 aliphatic heterocycles. The van der Waals surface area contributed by atoms with Gasteiger partial charge in [-0.3, -0.25) is 0 Å². The summed E-state index contributed by atoms with van der Waals surface area (Å²) in [6.45, 7) is 12.1. The molecule has 0 aromatic heterocycles. The maximum absolute atomic E-state index is 6.00. The van der Waals surface area contributed by atoms with E-state index in [0.717, 1.165) is 5.75 Å². The Labute approximate surface area is 105 Å². The summed E-state index contributed by atoms with van der Waals surface area (Å²) in [6, 6.07) is 6.17. The fourth-order valence-corrected chi connectivity index (χ4v) is 1.57. The maximum atomic E-state index is 6.00. The number of ether oxygens (including phenoxy) is 1. The van der Waals surface area contributed by atoms with Gasteiger partial charge in [0.25, 0.3) is 0 Å². The van der Waals surface area contributed by atoms with Crippen molar-refractivity contribution in [2.75, 3.05) is 0 Å². The van der Waals surface area contributed by atoms with Crippen LogP contribution in [0.15, 0.2) is 43.0 Å². The second-order valence-electron chi connectivity index (χ2n) is 4.50. The van der Waals surface area contributed by atoms with Gasteiger partial charge in [-0.05, 0) is 38.0 Å². The molecule has 0 saturated carbocycles. The number of benzene rings is 1. The van der Waals surface area contributed by atoms with E-state index in [-0.39, 0.29) is 6.10 Å². The highest BCUT2D eigenvalue weighted by Gasteiger charge is 2.12. The summed E-state index contributed by atoms with van der Waals surface area (Å²) < 4.78 is 6.00. The highest BCUT2D eigenvalue weighted by Crippen LogP contribution is 2.23. The van der Waals surface area contributed by atoms with Crippen molar-refractivity contribution in [3.05, 3.63) is 54.1 Å². The van der Waals surface area contributed by atoms with Gasteiger partial charge in [0.1, 0.15) is 11.9 Å². The minimum atomic E-state index is 0.159. The average Bonchev–Trinajstić information content (AvgIpc) is 2.31. The van der Waals surface area contributed by atoms with Gasteiger partial charge in [0.05, 0.1) is 0 Å². The molecular formula is C16H22O. The van der Waals surface area contributed by atoms with Gasteiger partial charge in [0, 0.05) is 5.92 Å². The summed E-state index contributed by atoms with van der Waals surface area (Å²) in [7, 11) is 0. The molecule has 1 rings (SSSR count). The van der Waals surface area contributed by atoms with Gasteiger partial charge in [-0.25, -0.2) is 0 Å². The summed E-state index contributed by atoms with van der Waals surface area (Å²) in [4.78, 5) is 0. The zero-order valence-electron chi connectivity index (χ0n) is 11.2. The Hall–Kier alpha value is -1.50. The fraction of sp³-hybridized carbons (Fsp3) is 0.375. The normalized spacial score (nSPS) is 14.6. The summed E-state index contributed by atoms with van der Waals surface area (Å²) in [6.07, 6.45) is 6.03. The second-order valence-corrected chi connectivity index (χ2v) is 4.50. The van der Waals surface area contributed by atoms with E-state index < -0.39 is 0 Å². The van der Waals surface area contributed by atoms with E-state index in [1.54, 1.807) is 6.08 Å². The number of aryl methyl sites for hydroxylation is 1.